The number of carbonyl (C=O) groups is 2. The van der Waals surface area contributed by atoms with Crippen LogP contribution < -0.4 is 5.32 Å². The van der Waals surface area contributed by atoms with E-state index in [2.05, 4.69) is 20.6 Å². The number of aromatic nitrogens is 4. The van der Waals surface area contributed by atoms with E-state index >= 15 is 0 Å². The highest BCUT2D eigenvalue weighted by Crippen LogP contribution is 2.24. The molecule has 1 saturated heterocycles. The fourth-order valence-corrected chi connectivity index (χ4v) is 4.04. The maximum atomic E-state index is 13.9. The van der Waals surface area contributed by atoms with Gasteiger partial charge in [-0.2, -0.15) is 10.2 Å². The van der Waals surface area contributed by atoms with Gasteiger partial charge in [-0.15, -0.1) is 0 Å². The highest BCUT2D eigenvalue weighted by Gasteiger charge is 2.24. The zero-order valence-corrected chi connectivity index (χ0v) is 18.1. The molecule has 1 aliphatic rings. The van der Waals surface area contributed by atoms with Gasteiger partial charge in [0.2, 0.25) is 11.8 Å². The van der Waals surface area contributed by atoms with Crippen LogP contribution in [0.4, 0.5) is 10.2 Å². The van der Waals surface area contributed by atoms with Crippen LogP contribution >= 0.6 is 0 Å². The van der Waals surface area contributed by atoms with Gasteiger partial charge in [0.25, 0.3) is 0 Å². The molecule has 0 aliphatic carbocycles. The van der Waals surface area contributed by atoms with Gasteiger partial charge >= 0.3 is 0 Å². The highest BCUT2D eigenvalue weighted by molar-refractivity contribution is 5.90. The number of anilines is 1. The minimum absolute atomic E-state index is 0.125. The van der Waals surface area contributed by atoms with Crippen LogP contribution in [0.2, 0.25) is 0 Å². The Balaban J connectivity index is 1.21. The Kier molecular flexibility index (Phi) is 6.63. The van der Waals surface area contributed by atoms with Crippen molar-refractivity contribution in [1.29, 1.82) is 0 Å². The molecule has 2 aromatic heterocycles. The topological polar surface area (TPSA) is 95.9 Å². The molecule has 2 amide bonds. The maximum Gasteiger partial charge on any atom is 0.225 e. The number of aromatic amines is 1. The van der Waals surface area contributed by atoms with Crippen LogP contribution in [-0.4, -0.2) is 49.8 Å². The minimum Gasteiger partial charge on any atom is -0.343 e. The highest BCUT2D eigenvalue weighted by atomic mass is 19.1. The van der Waals surface area contributed by atoms with Crippen molar-refractivity contribution in [3.05, 3.63) is 54.1 Å². The molecule has 3 heterocycles. The molecule has 1 aliphatic heterocycles. The molecule has 32 heavy (non-hydrogen) atoms. The summed E-state index contributed by atoms with van der Waals surface area (Å²) in [5, 5.41) is 13.8. The minimum atomic E-state index is -0.352. The van der Waals surface area contributed by atoms with E-state index in [0.29, 0.717) is 49.6 Å². The predicted octanol–water partition coefficient (Wildman–Crippen LogP) is 3.38. The summed E-state index contributed by atoms with van der Waals surface area (Å²) in [6.45, 7) is 3.87. The van der Waals surface area contributed by atoms with Crippen LogP contribution in [0.15, 0.2) is 42.6 Å². The van der Waals surface area contributed by atoms with Crippen molar-refractivity contribution >= 4 is 17.6 Å². The second kappa shape index (κ2) is 9.76. The van der Waals surface area contributed by atoms with Gasteiger partial charge in [0.1, 0.15) is 5.82 Å². The van der Waals surface area contributed by atoms with Crippen molar-refractivity contribution < 1.29 is 14.0 Å². The smallest absolute Gasteiger partial charge is 0.225 e. The summed E-state index contributed by atoms with van der Waals surface area (Å²) in [6.07, 6.45) is 4.12. The second-order valence-corrected chi connectivity index (χ2v) is 8.17. The molecule has 3 aromatic rings. The fourth-order valence-electron chi connectivity index (χ4n) is 4.04. The van der Waals surface area contributed by atoms with E-state index in [0.717, 1.165) is 18.5 Å². The Hall–Kier alpha value is -3.49. The number of carbonyl (C=O) groups excluding carboxylic acids is 2. The molecule has 0 unspecified atom stereocenters. The Morgan fingerprint density at radius 1 is 1.22 bits per heavy atom. The van der Waals surface area contributed by atoms with Gasteiger partial charge in [0.05, 0.1) is 5.69 Å². The number of amides is 2. The first-order chi connectivity index (χ1) is 15.5. The van der Waals surface area contributed by atoms with Gasteiger partial charge < -0.3 is 10.2 Å². The first kappa shape index (κ1) is 21.7. The number of nitrogens with one attached hydrogen (secondary N) is 2. The number of rotatable bonds is 7. The third kappa shape index (κ3) is 5.22. The van der Waals surface area contributed by atoms with E-state index in [1.807, 2.05) is 22.6 Å². The van der Waals surface area contributed by atoms with Crippen molar-refractivity contribution in [3.8, 4) is 11.3 Å². The summed E-state index contributed by atoms with van der Waals surface area (Å²) in [6, 6.07) is 9.94. The molecule has 9 heteroatoms. The van der Waals surface area contributed by atoms with E-state index in [4.69, 9.17) is 0 Å². The molecule has 0 saturated carbocycles. The Morgan fingerprint density at radius 2 is 2.00 bits per heavy atom. The van der Waals surface area contributed by atoms with Crippen LogP contribution in [0, 0.1) is 18.7 Å². The number of nitrogens with zero attached hydrogens (tertiary/aromatic N) is 4. The Bertz CT molecular complexity index is 1080. The predicted molar refractivity (Wildman–Crippen MR) is 118 cm³/mol. The quantitative estimate of drug-likeness (QED) is 0.591. The summed E-state index contributed by atoms with van der Waals surface area (Å²) in [4.78, 5) is 26.8. The third-order valence-corrected chi connectivity index (χ3v) is 5.92. The normalized spacial score (nSPS) is 14.5. The number of hydrogen-bond donors (Lipinski definition) is 2. The SMILES string of the molecule is Cc1ccnn1CCC(=O)N1CCC(CC(=O)Nc2cc(-c3ccccc3F)[nH]n2)CC1. The summed E-state index contributed by atoms with van der Waals surface area (Å²) >= 11 is 0. The summed E-state index contributed by atoms with van der Waals surface area (Å²) in [5.41, 5.74) is 1.95. The lowest BCUT2D eigenvalue weighted by Gasteiger charge is -2.31. The molecule has 1 fully saturated rings. The lowest BCUT2D eigenvalue weighted by atomic mass is 9.93. The van der Waals surface area contributed by atoms with Crippen molar-refractivity contribution in [2.24, 2.45) is 5.92 Å². The zero-order valence-electron chi connectivity index (χ0n) is 18.1. The number of hydrogen-bond acceptors (Lipinski definition) is 4. The van der Waals surface area contributed by atoms with Gasteiger partial charge in [-0.05, 0) is 43.9 Å². The number of halogens is 1. The molecule has 1 aromatic carbocycles. The molecular formula is C23H27FN6O2. The van der Waals surface area contributed by atoms with E-state index in [-0.39, 0.29) is 23.5 Å². The van der Waals surface area contributed by atoms with E-state index in [9.17, 15) is 14.0 Å². The molecule has 0 radical (unpaired) electrons. The van der Waals surface area contributed by atoms with Crippen molar-refractivity contribution in [3.63, 3.8) is 0 Å². The molecular weight excluding hydrogens is 411 g/mol. The lowest BCUT2D eigenvalue weighted by Crippen LogP contribution is -2.39. The average molecular weight is 439 g/mol. The standard InChI is InChI=1S/C23H27FN6O2/c1-16-6-10-25-30(16)13-9-23(32)29-11-7-17(8-12-29)14-22(31)26-21-15-20(27-28-21)18-4-2-3-5-19(18)24/h2-6,10,15,17H,7-9,11-14H2,1H3,(H2,26,27,28,31). The molecule has 0 atom stereocenters. The molecule has 0 bridgehead atoms. The largest absolute Gasteiger partial charge is 0.343 e. The number of aryl methyl sites for hydroxylation is 2. The van der Waals surface area contributed by atoms with Gasteiger partial charge in [0.15, 0.2) is 5.82 Å². The number of benzene rings is 1. The van der Waals surface area contributed by atoms with Crippen LogP contribution in [0.1, 0.15) is 31.4 Å². The van der Waals surface area contributed by atoms with E-state index in [1.54, 1.807) is 30.5 Å². The molecule has 168 valence electrons. The van der Waals surface area contributed by atoms with Crippen molar-refractivity contribution in [2.75, 3.05) is 18.4 Å². The lowest BCUT2D eigenvalue weighted by molar-refractivity contribution is -0.133. The van der Waals surface area contributed by atoms with Crippen molar-refractivity contribution in [1.82, 2.24) is 24.9 Å². The van der Waals surface area contributed by atoms with Crippen LogP contribution in [0.5, 0.6) is 0 Å². The van der Waals surface area contributed by atoms with Crippen LogP contribution in [0.3, 0.4) is 0 Å². The first-order valence-electron chi connectivity index (χ1n) is 10.9. The van der Waals surface area contributed by atoms with Crippen molar-refractivity contribution in [2.45, 2.75) is 39.2 Å². The van der Waals surface area contributed by atoms with Crippen LogP contribution in [0.25, 0.3) is 11.3 Å². The van der Waals surface area contributed by atoms with Gasteiger partial charge in [0, 0.05) is 56.0 Å². The second-order valence-electron chi connectivity index (χ2n) is 8.17. The van der Waals surface area contributed by atoms with E-state index < -0.39 is 0 Å². The molecule has 0 spiro atoms. The van der Waals surface area contributed by atoms with Crippen LogP contribution in [-0.2, 0) is 16.1 Å². The summed E-state index contributed by atoms with van der Waals surface area (Å²) in [5.74, 6) is 0.234. The zero-order chi connectivity index (χ0) is 22.5. The Labute approximate surface area is 185 Å². The number of likely N-dealkylation sites (tertiary alicyclic amines) is 1. The van der Waals surface area contributed by atoms with E-state index in [1.165, 1.54) is 6.07 Å². The first-order valence-corrected chi connectivity index (χ1v) is 10.9. The van der Waals surface area contributed by atoms with Gasteiger partial charge in [-0.25, -0.2) is 4.39 Å². The molecule has 4 rings (SSSR count). The molecule has 2 N–H and O–H groups in total. The fraction of sp³-hybridized carbons (Fsp3) is 0.391. The summed E-state index contributed by atoms with van der Waals surface area (Å²) < 4.78 is 15.7. The van der Waals surface area contributed by atoms with Gasteiger partial charge in [-0.3, -0.25) is 19.4 Å². The summed E-state index contributed by atoms with van der Waals surface area (Å²) in [7, 11) is 0. The average Bonchev–Trinajstić information content (AvgIpc) is 3.41. The number of H-pyrrole nitrogens is 1. The number of piperidine rings is 1. The molecule has 8 nitrogen and oxygen atoms in total. The maximum absolute atomic E-state index is 13.9. The Morgan fingerprint density at radius 3 is 2.72 bits per heavy atom. The van der Waals surface area contributed by atoms with Gasteiger partial charge in [-0.1, -0.05) is 12.1 Å². The monoisotopic (exact) mass is 438 g/mol. The third-order valence-electron chi connectivity index (χ3n) is 5.92.